The number of phenols is 1. The fraction of sp³-hybridized carbons (Fsp3) is 0.105. The highest BCUT2D eigenvalue weighted by Crippen LogP contribution is 2.40. The third-order valence-corrected chi connectivity index (χ3v) is 5.00. The summed E-state index contributed by atoms with van der Waals surface area (Å²) in [5, 5.41) is 33.0. The zero-order chi connectivity index (χ0) is 20.4. The van der Waals surface area contributed by atoms with Gasteiger partial charge in [-0.15, -0.1) is 16.8 Å². The molecule has 0 aliphatic carbocycles. The Kier molecular flexibility index (Phi) is 5.00. The normalized spacial score (nSPS) is 14.6. The molecular weight excluding hydrogens is 394 g/mol. The summed E-state index contributed by atoms with van der Waals surface area (Å²) in [7, 11) is 0. The first-order valence-electron chi connectivity index (χ1n) is 8.55. The van der Waals surface area contributed by atoms with Crippen LogP contribution in [0.25, 0.3) is 11.3 Å². The minimum atomic E-state index is -0.786. The van der Waals surface area contributed by atoms with Crippen molar-refractivity contribution in [3.63, 3.8) is 0 Å². The van der Waals surface area contributed by atoms with Gasteiger partial charge >= 0.3 is 5.69 Å². The van der Waals surface area contributed by atoms with E-state index in [0.29, 0.717) is 22.2 Å². The summed E-state index contributed by atoms with van der Waals surface area (Å²) in [5.74, 6) is 0.452. The van der Waals surface area contributed by atoms with Gasteiger partial charge in [0.1, 0.15) is 0 Å². The van der Waals surface area contributed by atoms with Crippen LogP contribution in [0, 0.1) is 10.1 Å². The number of para-hydroxylation sites is 1. The molecule has 0 amide bonds. The second-order valence-electron chi connectivity index (χ2n) is 6.04. The molecule has 0 unspecified atom stereocenters. The Hall–Kier alpha value is -3.66. The molecule has 146 valence electrons. The van der Waals surface area contributed by atoms with Crippen molar-refractivity contribution < 1.29 is 14.8 Å². The quantitative estimate of drug-likeness (QED) is 0.279. The predicted octanol–water partition coefficient (Wildman–Crippen LogP) is 3.93. The molecule has 1 atom stereocenters. The van der Waals surface area contributed by atoms with Gasteiger partial charge in [-0.25, -0.2) is 0 Å². The fourth-order valence-electron chi connectivity index (χ4n) is 2.84. The SMILES string of the molecule is C=CCSc1nnc2c(n1)O[C@@H](c1ccc(O)c([N+](=O)[O-])c1)Nc1ccccc1-2. The molecule has 2 aromatic carbocycles. The monoisotopic (exact) mass is 409 g/mol. The van der Waals surface area contributed by atoms with E-state index in [4.69, 9.17) is 4.74 Å². The molecule has 2 N–H and O–H groups in total. The van der Waals surface area contributed by atoms with Crippen molar-refractivity contribution in [3.05, 3.63) is 70.8 Å². The van der Waals surface area contributed by atoms with Crippen LogP contribution in [0.5, 0.6) is 11.6 Å². The Labute approximate surface area is 169 Å². The van der Waals surface area contributed by atoms with Gasteiger partial charge in [-0.1, -0.05) is 36.0 Å². The lowest BCUT2D eigenvalue weighted by molar-refractivity contribution is -0.386. The number of nitro benzene ring substituents is 1. The van der Waals surface area contributed by atoms with Crippen LogP contribution < -0.4 is 10.1 Å². The smallest absolute Gasteiger partial charge is 0.311 e. The summed E-state index contributed by atoms with van der Waals surface area (Å²) in [5.41, 5.74) is 1.98. The van der Waals surface area contributed by atoms with Crippen molar-refractivity contribution in [2.75, 3.05) is 11.1 Å². The van der Waals surface area contributed by atoms with Crippen LogP contribution in [0.4, 0.5) is 11.4 Å². The summed E-state index contributed by atoms with van der Waals surface area (Å²) < 4.78 is 6.05. The van der Waals surface area contributed by atoms with Crippen LogP contribution in [0.1, 0.15) is 11.8 Å². The van der Waals surface area contributed by atoms with Crippen LogP contribution in [-0.2, 0) is 0 Å². The lowest BCUT2D eigenvalue weighted by atomic mass is 10.1. The molecule has 3 aromatic rings. The summed E-state index contributed by atoms with van der Waals surface area (Å²) in [6.07, 6.45) is 0.946. The molecule has 9 nitrogen and oxygen atoms in total. The van der Waals surface area contributed by atoms with Crippen molar-refractivity contribution in [1.29, 1.82) is 0 Å². The minimum absolute atomic E-state index is 0.254. The van der Waals surface area contributed by atoms with E-state index in [2.05, 4.69) is 27.1 Å². The highest BCUT2D eigenvalue weighted by Gasteiger charge is 2.27. The molecule has 0 saturated carbocycles. The van der Waals surface area contributed by atoms with E-state index in [9.17, 15) is 15.2 Å². The number of anilines is 1. The number of ether oxygens (including phenoxy) is 1. The van der Waals surface area contributed by atoms with E-state index in [1.165, 1.54) is 23.9 Å². The zero-order valence-corrected chi connectivity index (χ0v) is 15.8. The molecule has 0 fully saturated rings. The first-order valence-corrected chi connectivity index (χ1v) is 9.53. The first-order chi connectivity index (χ1) is 14.1. The van der Waals surface area contributed by atoms with Crippen molar-refractivity contribution in [3.8, 4) is 22.9 Å². The van der Waals surface area contributed by atoms with Crippen LogP contribution >= 0.6 is 11.8 Å². The molecule has 0 spiro atoms. The minimum Gasteiger partial charge on any atom is -0.502 e. The average Bonchev–Trinajstić information content (AvgIpc) is 2.88. The predicted molar refractivity (Wildman–Crippen MR) is 108 cm³/mol. The second kappa shape index (κ2) is 7.76. The van der Waals surface area contributed by atoms with Crippen LogP contribution in [0.3, 0.4) is 0 Å². The fourth-order valence-corrected chi connectivity index (χ4v) is 3.36. The number of rotatable bonds is 5. The molecule has 0 radical (unpaired) electrons. The maximum atomic E-state index is 11.2. The van der Waals surface area contributed by atoms with Gasteiger partial charge in [0.15, 0.2) is 17.7 Å². The summed E-state index contributed by atoms with van der Waals surface area (Å²) in [4.78, 5) is 15.0. The number of aromatic hydroxyl groups is 1. The third kappa shape index (κ3) is 3.69. The summed E-state index contributed by atoms with van der Waals surface area (Å²) >= 11 is 1.36. The second-order valence-corrected chi connectivity index (χ2v) is 7.03. The van der Waals surface area contributed by atoms with Gasteiger partial charge in [-0.2, -0.15) is 4.98 Å². The molecule has 4 rings (SSSR count). The average molecular weight is 409 g/mol. The van der Waals surface area contributed by atoms with Gasteiger partial charge in [0.05, 0.1) is 4.92 Å². The van der Waals surface area contributed by atoms with Crippen molar-refractivity contribution in [1.82, 2.24) is 15.2 Å². The summed E-state index contributed by atoms with van der Waals surface area (Å²) in [6.45, 7) is 3.68. The van der Waals surface area contributed by atoms with E-state index in [1.54, 1.807) is 12.1 Å². The lowest BCUT2D eigenvalue weighted by Crippen LogP contribution is -2.17. The Morgan fingerprint density at radius 3 is 2.93 bits per heavy atom. The van der Waals surface area contributed by atoms with Crippen LogP contribution in [0.15, 0.2) is 60.3 Å². The molecule has 1 aliphatic rings. The number of hydrogen-bond acceptors (Lipinski definition) is 9. The third-order valence-electron chi connectivity index (χ3n) is 4.16. The number of phenolic OH excluding ortho intramolecular Hbond substituents is 1. The van der Waals surface area contributed by atoms with E-state index < -0.39 is 22.6 Å². The molecular formula is C19H15N5O4S. The zero-order valence-electron chi connectivity index (χ0n) is 15.0. The van der Waals surface area contributed by atoms with Gasteiger partial charge in [-0.05, 0) is 18.2 Å². The highest BCUT2D eigenvalue weighted by atomic mass is 32.2. The van der Waals surface area contributed by atoms with Crippen LogP contribution in [0.2, 0.25) is 0 Å². The number of nitrogens with zero attached hydrogens (tertiary/aromatic N) is 4. The number of thioether (sulfide) groups is 1. The largest absolute Gasteiger partial charge is 0.502 e. The van der Waals surface area contributed by atoms with Crippen LogP contribution in [-0.4, -0.2) is 31.0 Å². The Bertz CT molecular complexity index is 1110. The van der Waals surface area contributed by atoms with E-state index in [1.807, 2.05) is 24.3 Å². The van der Waals surface area contributed by atoms with Crippen molar-refractivity contribution in [2.24, 2.45) is 0 Å². The van der Waals surface area contributed by atoms with Gasteiger partial charge in [0.25, 0.3) is 0 Å². The maximum absolute atomic E-state index is 11.2. The first kappa shape index (κ1) is 18.7. The molecule has 1 aliphatic heterocycles. The number of hydrogen-bond donors (Lipinski definition) is 2. The Morgan fingerprint density at radius 2 is 2.14 bits per heavy atom. The molecule has 10 heteroatoms. The number of fused-ring (bicyclic) bond motifs is 3. The number of benzene rings is 2. The van der Waals surface area contributed by atoms with E-state index >= 15 is 0 Å². The van der Waals surface area contributed by atoms with Gasteiger partial charge < -0.3 is 15.2 Å². The van der Waals surface area contributed by atoms with Gasteiger partial charge in [-0.3, -0.25) is 10.1 Å². The van der Waals surface area contributed by atoms with Gasteiger partial charge in [0, 0.05) is 28.6 Å². The number of aromatic nitrogens is 3. The van der Waals surface area contributed by atoms with Crippen molar-refractivity contribution in [2.45, 2.75) is 11.4 Å². The summed E-state index contributed by atoms with van der Waals surface area (Å²) in [6, 6.07) is 11.5. The molecule has 1 aromatic heterocycles. The molecule has 0 bridgehead atoms. The van der Waals surface area contributed by atoms with E-state index in [0.717, 1.165) is 11.3 Å². The van der Waals surface area contributed by atoms with E-state index in [-0.39, 0.29) is 5.88 Å². The maximum Gasteiger partial charge on any atom is 0.311 e. The number of nitrogens with one attached hydrogen (secondary N) is 1. The standard InChI is InChI=1S/C19H15N5O4S/c1-2-9-29-19-21-18-16(22-23-19)12-5-3-4-6-13(12)20-17(28-18)11-7-8-15(25)14(10-11)24(26)27/h2-8,10,17,20,25H,1,9H2/t17-/m0/s1. The molecule has 2 heterocycles. The Balaban J connectivity index is 1.81. The van der Waals surface area contributed by atoms with Crippen molar-refractivity contribution >= 4 is 23.1 Å². The topological polar surface area (TPSA) is 123 Å². The molecule has 29 heavy (non-hydrogen) atoms. The molecule has 0 saturated heterocycles. The number of nitro groups is 1. The highest BCUT2D eigenvalue weighted by molar-refractivity contribution is 7.99. The Morgan fingerprint density at radius 1 is 1.31 bits per heavy atom. The lowest BCUT2D eigenvalue weighted by Gasteiger charge is -2.19. The van der Waals surface area contributed by atoms with Gasteiger partial charge in [0.2, 0.25) is 11.0 Å².